The molecule has 1 N–H and O–H groups in total. The molecule has 0 spiro atoms. The summed E-state index contributed by atoms with van der Waals surface area (Å²) >= 11 is 18.2. The Morgan fingerprint density at radius 1 is 1.03 bits per heavy atom. The predicted octanol–water partition coefficient (Wildman–Crippen LogP) is 5.56. The molecule has 0 heterocycles. The first-order valence-corrected chi connectivity index (χ1v) is 13.1. The number of sulfonamides is 1. The minimum Gasteiger partial charge on any atom is -0.348 e. The number of aryl methyl sites for hydroxylation is 2. The van der Waals surface area contributed by atoms with Crippen molar-refractivity contribution in [2.45, 2.75) is 45.1 Å². The first-order chi connectivity index (χ1) is 14.6. The van der Waals surface area contributed by atoms with Gasteiger partial charge in [-0.3, -0.25) is 9.10 Å². The van der Waals surface area contributed by atoms with Crippen molar-refractivity contribution < 1.29 is 13.2 Å². The molecule has 2 aromatic carbocycles. The Morgan fingerprint density at radius 2 is 1.68 bits per heavy atom. The quantitative estimate of drug-likeness (QED) is 0.503. The Morgan fingerprint density at radius 3 is 2.32 bits per heavy atom. The van der Waals surface area contributed by atoms with Gasteiger partial charge in [0, 0.05) is 0 Å². The monoisotopic (exact) mass is 502 g/mol. The number of benzene rings is 2. The fraction of sp³-hybridized carbons (Fsp3) is 0.409. The summed E-state index contributed by atoms with van der Waals surface area (Å²) < 4.78 is 25.8. The molecule has 1 aliphatic rings. The lowest BCUT2D eigenvalue weighted by molar-refractivity contribution is -0.120. The number of carbonyl (C=O) groups excluding carboxylic acids is 1. The Balaban J connectivity index is 1.81. The van der Waals surface area contributed by atoms with E-state index in [-0.39, 0.29) is 26.8 Å². The summed E-state index contributed by atoms with van der Waals surface area (Å²) in [6.07, 6.45) is 6.21. The highest BCUT2D eigenvalue weighted by Crippen LogP contribution is 2.35. The van der Waals surface area contributed by atoms with E-state index in [0.717, 1.165) is 29.0 Å². The SMILES string of the molecule is CC[C@@H](NC(=O)CN(c1cc(Cl)c(Cl)cc1Cl)S(C)(=O)=O)c1ccc2c(c1)CCCC2. The van der Waals surface area contributed by atoms with Crippen LogP contribution in [0.2, 0.25) is 15.1 Å². The maximum Gasteiger partial charge on any atom is 0.241 e. The lowest BCUT2D eigenvalue weighted by Crippen LogP contribution is -2.41. The van der Waals surface area contributed by atoms with Crippen molar-refractivity contribution in [3.8, 4) is 0 Å². The zero-order valence-corrected chi connectivity index (χ0v) is 20.5. The number of anilines is 1. The Labute approximate surface area is 198 Å². The number of nitrogens with one attached hydrogen (secondary N) is 1. The minimum absolute atomic E-state index is 0.0920. The third kappa shape index (κ3) is 5.86. The van der Waals surface area contributed by atoms with Gasteiger partial charge < -0.3 is 5.32 Å². The van der Waals surface area contributed by atoms with Crippen LogP contribution < -0.4 is 9.62 Å². The fourth-order valence-corrected chi connectivity index (χ4v) is 5.40. The van der Waals surface area contributed by atoms with Crippen molar-refractivity contribution >= 4 is 56.4 Å². The fourth-order valence-electron chi connectivity index (χ4n) is 3.85. The second kappa shape index (κ2) is 9.99. The summed E-state index contributed by atoms with van der Waals surface area (Å²) in [5.41, 5.74) is 3.83. The standard InChI is InChI=1S/C22H25Cl3N2O3S/c1-3-20(16-9-8-14-6-4-5-7-15(14)10-16)26-22(28)13-27(31(2,29)30)21-12-18(24)17(23)11-19(21)25/h8-12,20H,3-7,13H2,1-2H3,(H,26,28)/t20-/m1/s1. The molecule has 2 aromatic rings. The highest BCUT2D eigenvalue weighted by molar-refractivity contribution is 7.92. The molecule has 0 fully saturated rings. The largest absolute Gasteiger partial charge is 0.348 e. The van der Waals surface area contributed by atoms with Crippen LogP contribution in [0.15, 0.2) is 30.3 Å². The normalized spacial score (nSPS) is 14.6. The van der Waals surface area contributed by atoms with Crippen LogP contribution in [0.4, 0.5) is 5.69 Å². The van der Waals surface area contributed by atoms with Crippen LogP contribution in [0, 0.1) is 0 Å². The zero-order valence-electron chi connectivity index (χ0n) is 17.4. The van der Waals surface area contributed by atoms with Gasteiger partial charge in [-0.25, -0.2) is 8.42 Å². The molecule has 1 aliphatic carbocycles. The Bertz CT molecular complexity index is 1090. The van der Waals surface area contributed by atoms with Crippen molar-refractivity contribution in [2.75, 3.05) is 17.1 Å². The van der Waals surface area contributed by atoms with Crippen LogP contribution >= 0.6 is 34.8 Å². The van der Waals surface area contributed by atoms with Crippen LogP contribution in [0.5, 0.6) is 0 Å². The highest BCUT2D eigenvalue weighted by atomic mass is 35.5. The molecule has 5 nitrogen and oxygen atoms in total. The molecule has 3 rings (SSSR count). The number of hydrogen-bond donors (Lipinski definition) is 1. The van der Waals surface area contributed by atoms with E-state index < -0.39 is 22.5 Å². The van der Waals surface area contributed by atoms with Crippen molar-refractivity contribution in [3.63, 3.8) is 0 Å². The summed E-state index contributed by atoms with van der Waals surface area (Å²) in [5, 5.41) is 3.40. The van der Waals surface area contributed by atoms with Gasteiger partial charge in [-0.05, 0) is 60.9 Å². The minimum atomic E-state index is -3.80. The average Bonchev–Trinajstić information content (AvgIpc) is 2.72. The Kier molecular flexibility index (Phi) is 7.79. The van der Waals surface area contributed by atoms with Gasteiger partial charge in [0.05, 0.1) is 33.1 Å². The van der Waals surface area contributed by atoms with Crippen LogP contribution in [0.3, 0.4) is 0 Å². The van der Waals surface area contributed by atoms with Crippen LogP contribution in [-0.4, -0.2) is 27.1 Å². The van der Waals surface area contributed by atoms with Gasteiger partial charge in [-0.15, -0.1) is 0 Å². The smallest absolute Gasteiger partial charge is 0.241 e. The zero-order chi connectivity index (χ0) is 22.8. The number of nitrogens with zero attached hydrogens (tertiary/aromatic N) is 1. The molecule has 0 radical (unpaired) electrons. The van der Waals surface area contributed by atoms with Gasteiger partial charge >= 0.3 is 0 Å². The van der Waals surface area contributed by atoms with E-state index in [1.165, 1.54) is 36.1 Å². The number of carbonyl (C=O) groups is 1. The lowest BCUT2D eigenvalue weighted by Gasteiger charge is -2.26. The van der Waals surface area contributed by atoms with E-state index >= 15 is 0 Å². The maximum atomic E-state index is 12.8. The molecule has 168 valence electrons. The van der Waals surface area contributed by atoms with Crippen molar-refractivity contribution in [3.05, 3.63) is 62.1 Å². The van der Waals surface area contributed by atoms with Gasteiger partial charge in [0.15, 0.2) is 0 Å². The Hall–Kier alpha value is -1.47. The summed E-state index contributed by atoms with van der Waals surface area (Å²) in [6, 6.07) is 8.83. The molecule has 0 bridgehead atoms. The molecule has 1 atom stereocenters. The van der Waals surface area contributed by atoms with Crippen molar-refractivity contribution in [2.24, 2.45) is 0 Å². The molecule has 31 heavy (non-hydrogen) atoms. The van der Waals surface area contributed by atoms with Crippen molar-refractivity contribution in [1.82, 2.24) is 5.32 Å². The highest BCUT2D eigenvalue weighted by Gasteiger charge is 2.25. The van der Waals surface area contributed by atoms with Gasteiger partial charge in [0.25, 0.3) is 0 Å². The number of hydrogen-bond acceptors (Lipinski definition) is 3. The number of halogens is 3. The van der Waals surface area contributed by atoms with E-state index in [9.17, 15) is 13.2 Å². The second-order valence-corrected chi connectivity index (χ2v) is 10.9. The van der Waals surface area contributed by atoms with Gasteiger partial charge in [-0.1, -0.05) is 59.9 Å². The first kappa shape index (κ1) is 24.2. The van der Waals surface area contributed by atoms with Crippen LogP contribution in [0.25, 0.3) is 0 Å². The number of fused-ring (bicyclic) bond motifs is 1. The molecule has 0 saturated heterocycles. The molecule has 0 unspecified atom stereocenters. The summed E-state index contributed by atoms with van der Waals surface area (Å²) in [4.78, 5) is 12.8. The summed E-state index contributed by atoms with van der Waals surface area (Å²) in [7, 11) is -3.80. The molecule has 0 aromatic heterocycles. The molecular formula is C22H25Cl3N2O3S. The molecule has 1 amide bonds. The summed E-state index contributed by atoms with van der Waals surface area (Å²) in [6.45, 7) is 1.56. The average molecular weight is 504 g/mol. The summed E-state index contributed by atoms with van der Waals surface area (Å²) in [5.74, 6) is -0.433. The van der Waals surface area contributed by atoms with Crippen LogP contribution in [0.1, 0.15) is 48.9 Å². The topological polar surface area (TPSA) is 66.5 Å². The van der Waals surface area contributed by atoms with E-state index in [1.807, 2.05) is 13.0 Å². The predicted molar refractivity (Wildman–Crippen MR) is 128 cm³/mol. The van der Waals surface area contributed by atoms with Crippen molar-refractivity contribution in [1.29, 1.82) is 0 Å². The third-order valence-electron chi connectivity index (χ3n) is 5.46. The number of rotatable bonds is 7. The molecule has 0 aliphatic heterocycles. The third-order valence-corrected chi connectivity index (χ3v) is 7.62. The number of amides is 1. The van der Waals surface area contributed by atoms with E-state index in [2.05, 4.69) is 17.4 Å². The van der Waals surface area contributed by atoms with Crippen LogP contribution in [-0.2, 0) is 27.7 Å². The lowest BCUT2D eigenvalue weighted by atomic mass is 9.89. The molecule has 9 heteroatoms. The van der Waals surface area contributed by atoms with Gasteiger partial charge in [0.1, 0.15) is 6.54 Å². The first-order valence-electron chi connectivity index (χ1n) is 10.1. The maximum absolute atomic E-state index is 12.8. The second-order valence-electron chi connectivity index (χ2n) is 7.75. The van der Waals surface area contributed by atoms with Gasteiger partial charge in [0.2, 0.25) is 15.9 Å². The van der Waals surface area contributed by atoms with Gasteiger partial charge in [-0.2, -0.15) is 0 Å². The van der Waals surface area contributed by atoms with E-state index in [4.69, 9.17) is 34.8 Å². The van der Waals surface area contributed by atoms with E-state index in [1.54, 1.807) is 0 Å². The van der Waals surface area contributed by atoms with E-state index in [0.29, 0.717) is 6.42 Å². The molecule has 0 saturated carbocycles. The molecular weight excluding hydrogens is 479 g/mol.